The predicted octanol–water partition coefficient (Wildman–Crippen LogP) is -1.24. The highest BCUT2D eigenvalue weighted by atomic mass is 32.3. The van der Waals surface area contributed by atoms with Crippen molar-refractivity contribution in [1.82, 2.24) is 13.2 Å². The fraction of sp³-hybridized carbons (Fsp3) is 0.833. The van der Waals surface area contributed by atoms with Gasteiger partial charge in [-0.25, -0.2) is 4.79 Å². The van der Waals surface area contributed by atoms with Crippen LogP contribution in [-0.2, 0) is 25.2 Å². The molecule has 1 amide bonds. The second kappa shape index (κ2) is 6.14. The van der Waals surface area contributed by atoms with Gasteiger partial charge in [0.2, 0.25) is 0 Å². The zero-order valence-corrected chi connectivity index (χ0v) is 11.3. The maximum absolute atomic E-state index is 11.5. The molecule has 0 radical (unpaired) electrons. The standard InChI is InChI=1S/C6H15N3O6S2/c1-4-7-16(11,12)9(6(10)15-3)17(13,14)8-5-2/h7-8H,4-5H2,1-3H3. The van der Waals surface area contributed by atoms with Gasteiger partial charge in [0, 0.05) is 13.1 Å². The first-order chi connectivity index (χ1) is 7.72. The molecule has 0 saturated heterocycles. The van der Waals surface area contributed by atoms with Gasteiger partial charge in [-0.1, -0.05) is 17.6 Å². The minimum atomic E-state index is -4.51. The normalized spacial score (nSPS) is 12.2. The molecule has 11 heteroatoms. The first-order valence-corrected chi connectivity index (χ1v) is 7.48. The summed E-state index contributed by atoms with van der Waals surface area (Å²) >= 11 is 0. The summed E-state index contributed by atoms with van der Waals surface area (Å²) in [4.78, 5) is 11.2. The van der Waals surface area contributed by atoms with Crippen LogP contribution in [0.3, 0.4) is 0 Å². The average Bonchev–Trinajstić information content (AvgIpc) is 2.16. The first kappa shape index (κ1) is 16.1. The molecule has 0 atom stereocenters. The van der Waals surface area contributed by atoms with Crippen molar-refractivity contribution in [3.05, 3.63) is 0 Å². The highest BCUT2D eigenvalue weighted by molar-refractivity contribution is 8.03. The van der Waals surface area contributed by atoms with Gasteiger partial charge in [-0.15, -0.1) is 0 Å². The van der Waals surface area contributed by atoms with Gasteiger partial charge in [-0.2, -0.15) is 26.3 Å². The van der Waals surface area contributed by atoms with Crippen LogP contribution in [0.25, 0.3) is 0 Å². The molecule has 0 aliphatic rings. The number of hydrogen-bond acceptors (Lipinski definition) is 6. The average molecular weight is 289 g/mol. The molecule has 0 rings (SSSR count). The van der Waals surface area contributed by atoms with Crippen LogP contribution in [0, 0.1) is 0 Å². The molecule has 0 aromatic carbocycles. The second-order valence-corrected chi connectivity index (χ2v) is 6.11. The summed E-state index contributed by atoms with van der Waals surface area (Å²) in [5, 5.41) is 0. The third-order valence-electron chi connectivity index (χ3n) is 1.41. The van der Waals surface area contributed by atoms with Crippen LogP contribution in [0.2, 0.25) is 0 Å². The molecule has 2 N–H and O–H groups in total. The maximum atomic E-state index is 11.5. The molecule has 0 heterocycles. The van der Waals surface area contributed by atoms with E-state index < -0.39 is 26.5 Å². The Morgan fingerprint density at radius 2 is 1.41 bits per heavy atom. The van der Waals surface area contributed by atoms with Gasteiger partial charge < -0.3 is 4.74 Å². The number of amides is 1. The van der Waals surface area contributed by atoms with Crippen molar-refractivity contribution in [2.75, 3.05) is 20.2 Å². The monoisotopic (exact) mass is 289 g/mol. The van der Waals surface area contributed by atoms with Gasteiger partial charge in [0.1, 0.15) is 0 Å². The van der Waals surface area contributed by atoms with Crippen molar-refractivity contribution in [2.45, 2.75) is 13.8 Å². The number of carbonyl (C=O) groups is 1. The first-order valence-electron chi connectivity index (χ1n) is 4.60. The quantitative estimate of drug-likeness (QED) is 0.631. The van der Waals surface area contributed by atoms with Crippen molar-refractivity contribution < 1.29 is 26.4 Å². The van der Waals surface area contributed by atoms with Gasteiger partial charge in [0.25, 0.3) is 0 Å². The number of methoxy groups -OCH3 is 1. The van der Waals surface area contributed by atoms with E-state index in [1.807, 2.05) is 9.44 Å². The molecule has 0 unspecified atom stereocenters. The largest absolute Gasteiger partial charge is 0.451 e. The molecule has 0 spiro atoms. The highest BCUT2D eigenvalue weighted by Crippen LogP contribution is 2.07. The zero-order chi connectivity index (χ0) is 13.7. The van der Waals surface area contributed by atoms with Crippen LogP contribution >= 0.6 is 0 Å². The zero-order valence-electron chi connectivity index (χ0n) is 9.63. The Kier molecular flexibility index (Phi) is 5.81. The Hall–Kier alpha value is -0.910. The summed E-state index contributed by atoms with van der Waals surface area (Å²) in [7, 11) is -8.14. The molecule has 0 fully saturated rings. The number of nitrogens with zero attached hydrogens (tertiary/aromatic N) is 1. The fourth-order valence-electron chi connectivity index (χ4n) is 0.882. The minimum absolute atomic E-state index is 0.0720. The lowest BCUT2D eigenvalue weighted by Gasteiger charge is -2.20. The molecule has 0 aromatic rings. The predicted molar refractivity (Wildman–Crippen MR) is 59.4 cm³/mol. The third kappa shape index (κ3) is 4.11. The van der Waals surface area contributed by atoms with E-state index >= 15 is 0 Å². The summed E-state index contributed by atoms with van der Waals surface area (Å²) in [5.74, 6) is 0. The second-order valence-electron chi connectivity index (χ2n) is 2.67. The number of carbonyl (C=O) groups excluding carboxylic acids is 1. The molecule has 17 heavy (non-hydrogen) atoms. The number of hydrogen-bond donors (Lipinski definition) is 2. The summed E-state index contributed by atoms with van der Waals surface area (Å²) in [6.45, 7) is 2.73. The van der Waals surface area contributed by atoms with Crippen molar-refractivity contribution in [3.8, 4) is 0 Å². The van der Waals surface area contributed by atoms with E-state index in [1.165, 1.54) is 13.8 Å². The molecular weight excluding hydrogens is 274 g/mol. The SMILES string of the molecule is CCNS(=O)(=O)N(C(=O)OC)S(=O)(=O)NCC. The molecule has 9 nitrogen and oxygen atoms in total. The summed E-state index contributed by atoms with van der Waals surface area (Å²) < 4.78 is 53.7. The number of rotatable bonds is 6. The van der Waals surface area contributed by atoms with Crippen molar-refractivity contribution in [3.63, 3.8) is 0 Å². The van der Waals surface area contributed by atoms with E-state index in [2.05, 4.69) is 4.74 Å². The summed E-state index contributed by atoms with van der Waals surface area (Å²) in [6.07, 6.45) is -1.52. The van der Waals surface area contributed by atoms with Gasteiger partial charge in [0.05, 0.1) is 7.11 Å². The van der Waals surface area contributed by atoms with Crippen molar-refractivity contribution in [2.24, 2.45) is 0 Å². The highest BCUT2D eigenvalue weighted by Gasteiger charge is 2.38. The third-order valence-corrected chi connectivity index (χ3v) is 5.07. The smallest absolute Gasteiger partial charge is 0.439 e. The van der Waals surface area contributed by atoms with E-state index in [1.54, 1.807) is 0 Å². The Bertz CT molecular complexity index is 420. The van der Waals surface area contributed by atoms with Crippen LogP contribution in [0.5, 0.6) is 0 Å². The van der Waals surface area contributed by atoms with Crippen molar-refractivity contribution >= 4 is 26.5 Å². The van der Waals surface area contributed by atoms with Gasteiger partial charge in [0.15, 0.2) is 0 Å². The molecule has 0 aliphatic heterocycles. The lowest BCUT2D eigenvalue weighted by Crippen LogP contribution is -2.51. The lowest BCUT2D eigenvalue weighted by atomic mass is 10.8. The van der Waals surface area contributed by atoms with Crippen LogP contribution in [-0.4, -0.2) is 46.8 Å². The van der Waals surface area contributed by atoms with Gasteiger partial charge in [-0.3, -0.25) is 0 Å². The molecule has 0 saturated carbocycles. The minimum Gasteiger partial charge on any atom is -0.451 e. The van der Waals surface area contributed by atoms with Crippen LogP contribution in [0.1, 0.15) is 13.8 Å². The topological polar surface area (TPSA) is 122 Å². The van der Waals surface area contributed by atoms with E-state index in [-0.39, 0.29) is 16.8 Å². The Morgan fingerprint density at radius 3 is 1.65 bits per heavy atom. The number of nitrogens with one attached hydrogen (secondary N) is 2. The van der Waals surface area contributed by atoms with E-state index in [9.17, 15) is 21.6 Å². The Labute approximate surface area is 100 Å². The Balaban J connectivity index is 5.54. The summed E-state index contributed by atoms with van der Waals surface area (Å²) in [6, 6.07) is 0. The van der Waals surface area contributed by atoms with E-state index in [0.717, 1.165) is 7.11 Å². The molecule has 0 aromatic heterocycles. The lowest BCUT2D eigenvalue weighted by molar-refractivity contribution is 0.163. The molecular formula is C6H15N3O6S2. The van der Waals surface area contributed by atoms with Crippen LogP contribution in [0.15, 0.2) is 0 Å². The van der Waals surface area contributed by atoms with E-state index in [0.29, 0.717) is 0 Å². The van der Waals surface area contributed by atoms with Crippen LogP contribution < -0.4 is 9.44 Å². The van der Waals surface area contributed by atoms with Gasteiger partial charge >= 0.3 is 26.5 Å². The molecule has 102 valence electrons. The molecule has 0 aliphatic carbocycles. The van der Waals surface area contributed by atoms with Crippen LogP contribution in [0.4, 0.5) is 4.79 Å². The summed E-state index contributed by atoms with van der Waals surface area (Å²) in [5.41, 5.74) is 0. The maximum Gasteiger partial charge on any atom is 0.439 e. The van der Waals surface area contributed by atoms with E-state index in [4.69, 9.17) is 0 Å². The molecule has 0 bridgehead atoms. The van der Waals surface area contributed by atoms with Crippen molar-refractivity contribution in [1.29, 1.82) is 0 Å². The fourth-order valence-corrected chi connectivity index (χ4v) is 3.74. The van der Waals surface area contributed by atoms with Gasteiger partial charge in [-0.05, 0) is 0 Å². The number of ether oxygens (including phenoxy) is 1. The Morgan fingerprint density at radius 1 is 1.06 bits per heavy atom.